The van der Waals surface area contributed by atoms with Crippen LogP contribution in [-0.2, 0) is 9.53 Å². The Hall–Kier alpha value is -0.790. The SMILES string of the molecule is CC(=O)O[C@@H]1C[C@@H]2CC[C@@]1(C)C2(C)C.CC(C)[C@H]1CC[C@@H](C)C/C=C/[C@@H](C)CC1. The van der Waals surface area contributed by atoms with Crippen molar-refractivity contribution in [2.45, 2.75) is 113 Å². The summed E-state index contributed by atoms with van der Waals surface area (Å²) >= 11 is 0. The normalized spacial score (nSPS) is 40.1. The van der Waals surface area contributed by atoms with E-state index in [4.69, 9.17) is 4.74 Å². The molecule has 0 N–H and O–H groups in total. The van der Waals surface area contributed by atoms with Crippen molar-refractivity contribution in [1.82, 2.24) is 0 Å². The summed E-state index contributed by atoms with van der Waals surface area (Å²) < 4.78 is 5.44. The van der Waals surface area contributed by atoms with Gasteiger partial charge in [-0.2, -0.15) is 0 Å². The van der Waals surface area contributed by atoms with Gasteiger partial charge in [0.1, 0.15) is 6.10 Å². The van der Waals surface area contributed by atoms with Crippen LogP contribution in [0.2, 0.25) is 0 Å². The molecule has 0 aliphatic heterocycles. The number of rotatable bonds is 2. The zero-order chi connectivity index (χ0) is 21.8. The van der Waals surface area contributed by atoms with Crippen LogP contribution in [0.25, 0.3) is 0 Å². The minimum Gasteiger partial charge on any atom is -0.462 e. The van der Waals surface area contributed by atoms with Gasteiger partial charge in [0.2, 0.25) is 0 Å². The van der Waals surface area contributed by atoms with Crippen molar-refractivity contribution >= 4 is 5.97 Å². The number of hydrogen-bond acceptors (Lipinski definition) is 2. The largest absolute Gasteiger partial charge is 0.462 e. The molecule has 0 spiro atoms. The highest BCUT2D eigenvalue weighted by molar-refractivity contribution is 5.66. The Morgan fingerprint density at radius 2 is 1.69 bits per heavy atom. The zero-order valence-electron chi connectivity index (χ0n) is 20.6. The van der Waals surface area contributed by atoms with E-state index in [-0.39, 0.29) is 17.5 Å². The molecule has 168 valence electrons. The first kappa shape index (κ1) is 24.5. The second-order valence-corrected chi connectivity index (χ2v) is 11.6. The summed E-state index contributed by atoms with van der Waals surface area (Å²) in [7, 11) is 0. The first-order valence-electron chi connectivity index (χ1n) is 12.3. The number of allylic oxidation sites excluding steroid dienone is 2. The third-order valence-corrected chi connectivity index (χ3v) is 8.99. The van der Waals surface area contributed by atoms with E-state index in [1.54, 1.807) is 0 Å². The molecule has 29 heavy (non-hydrogen) atoms. The Labute approximate surface area is 181 Å². The van der Waals surface area contributed by atoms with Crippen molar-refractivity contribution in [2.75, 3.05) is 0 Å². The summed E-state index contributed by atoms with van der Waals surface area (Å²) in [5, 5.41) is 0. The van der Waals surface area contributed by atoms with Crippen LogP contribution >= 0.6 is 0 Å². The predicted octanol–water partition coefficient (Wildman–Crippen LogP) is 7.82. The molecule has 2 nitrogen and oxygen atoms in total. The number of fused-ring (bicyclic) bond motifs is 2. The molecule has 2 heteroatoms. The third-order valence-electron chi connectivity index (χ3n) is 8.99. The maximum Gasteiger partial charge on any atom is 0.302 e. The van der Waals surface area contributed by atoms with Gasteiger partial charge in [-0.05, 0) is 80.0 Å². The monoisotopic (exact) mass is 404 g/mol. The van der Waals surface area contributed by atoms with Crippen molar-refractivity contribution in [2.24, 2.45) is 40.4 Å². The summed E-state index contributed by atoms with van der Waals surface area (Å²) in [6, 6.07) is 0. The summed E-state index contributed by atoms with van der Waals surface area (Å²) in [4.78, 5) is 11.0. The highest BCUT2D eigenvalue weighted by Crippen LogP contribution is 2.66. The summed E-state index contributed by atoms with van der Waals surface area (Å²) in [5.41, 5.74) is 0.552. The molecule has 0 heterocycles. The molecule has 2 bridgehead atoms. The molecule has 0 unspecified atom stereocenters. The van der Waals surface area contributed by atoms with Gasteiger partial charge < -0.3 is 4.74 Å². The minimum absolute atomic E-state index is 0.125. The van der Waals surface area contributed by atoms with Crippen LogP contribution in [0.15, 0.2) is 12.2 Å². The van der Waals surface area contributed by atoms with E-state index in [9.17, 15) is 4.79 Å². The Morgan fingerprint density at radius 1 is 1.03 bits per heavy atom. The molecular weight excluding hydrogens is 356 g/mol. The highest BCUT2D eigenvalue weighted by Gasteiger charge is 2.62. The van der Waals surface area contributed by atoms with Gasteiger partial charge >= 0.3 is 5.97 Å². The van der Waals surface area contributed by atoms with Crippen LogP contribution in [-0.4, -0.2) is 12.1 Å². The molecule has 2 fully saturated rings. The number of carbonyl (C=O) groups is 1. The lowest BCUT2D eigenvalue weighted by Crippen LogP contribution is -2.37. The number of ether oxygens (including phenoxy) is 1. The topological polar surface area (TPSA) is 26.3 Å². The first-order chi connectivity index (χ1) is 13.5. The van der Waals surface area contributed by atoms with Gasteiger partial charge in [-0.15, -0.1) is 0 Å². The summed E-state index contributed by atoms with van der Waals surface area (Å²) in [6.07, 6.45) is 15.5. The highest BCUT2D eigenvalue weighted by atomic mass is 16.5. The van der Waals surface area contributed by atoms with E-state index in [0.717, 1.165) is 36.0 Å². The Kier molecular flexibility index (Phi) is 8.45. The van der Waals surface area contributed by atoms with Crippen LogP contribution in [0.4, 0.5) is 0 Å². The Bertz CT molecular complexity index is 561. The molecule has 3 aliphatic carbocycles. The zero-order valence-corrected chi connectivity index (χ0v) is 20.6. The second-order valence-electron chi connectivity index (χ2n) is 11.6. The van der Waals surface area contributed by atoms with E-state index < -0.39 is 0 Å². The van der Waals surface area contributed by atoms with Gasteiger partial charge in [-0.1, -0.05) is 67.0 Å². The third kappa shape index (κ3) is 5.88. The second kappa shape index (κ2) is 10.0. The molecule has 0 amide bonds. The average molecular weight is 405 g/mol. The van der Waals surface area contributed by atoms with E-state index in [1.807, 2.05) is 0 Å². The van der Waals surface area contributed by atoms with Crippen LogP contribution in [0, 0.1) is 40.4 Å². The van der Waals surface area contributed by atoms with Crippen LogP contribution in [0.1, 0.15) is 107 Å². The first-order valence-corrected chi connectivity index (χ1v) is 12.3. The quantitative estimate of drug-likeness (QED) is 0.346. The van der Waals surface area contributed by atoms with Crippen LogP contribution in [0.5, 0.6) is 0 Å². The Morgan fingerprint density at radius 3 is 2.21 bits per heavy atom. The molecular formula is C27H48O2. The maximum atomic E-state index is 11.0. The van der Waals surface area contributed by atoms with Crippen LogP contribution in [0.3, 0.4) is 0 Å². The van der Waals surface area contributed by atoms with Crippen molar-refractivity contribution in [3.05, 3.63) is 12.2 Å². The standard InChI is InChI=1S/C15H28.C12H20O2/c1-12(2)15-10-8-13(3)6-5-7-14(4)9-11-15;1-8(13)14-10-7-9-5-6-12(10,4)11(9,2)3/h5-6,12-15H,7-11H2,1-4H3;9-10H,5-7H2,1-4H3/b6-5+;/t13-,14+,15-;9-,10+,12+/m10/s1. The average Bonchev–Trinajstić information content (AvgIpc) is 2.95. The number of carbonyl (C=O) groups excluding carboxylic acids is 1. The predicted molar refractivity (Wildman–Crippen MR) is 124 cm³/mol. The van der Waals surface area contributed by atoms with Gasteiger partial charge in [-0.25, -0.2) is 0 Å². The molecule has 0 aromatic heterocycles. The number of hydrogen-bond donors (Lipinski definition) is 0. The smallest absolute Gasteiger partial charge is 0.302 e. The van der Waals surface area contributed by atoms with E-state index in [0.29, 0.717) is 5.41 Å². The minimum atomic E-state index is -0.125. The summed E-state index contributed by atoms with van der Waals surface area (Å²) in [5.74, 6) is 4.12. The maximum absolute atomic E-state index is 11.0. The molecule has 0 aromatic rings. The lowest BCUT2D eigenvalue weighted by Gasteiger charge is -2.38. The fourth-order valence-electron chi connectivity index (χ4n) is 6.05. The fraction of sp³-hybridized carbons (Fsp3) is 0.889. The number of esters is 1. The van der Waals surface area contributed by atoms with Gasteiger partial charge in [0, 0.05) is 12.3 Å². The van der Waals surface area contributed by atoms with Crippen LogP contribution < -0.4 is 0 Å². The lowest BCUT2D eigenvalue weighted by atomic mass is 9.70. The van der Waals surface area contributed by atoms with E-state index in [2.05, 4.69) is 60.6 Å². The Balaban J connectivity index is 0.000000207. The van der Waals surface area contributed by atoms with Gasteiger partial charge in [-0.3, -0.25) is 4.79 Å². The van der Waals surface area contributed by atoms with Crippen molar-refractivity contribution in [3.63, 3.8) is 0 Å². The van der Waals surface area contributed by atoms with Crippen molar-refractivity contribution < 1.29 is 9.53 Å². The molecule has 0 radical (unpaired) electrons. The molecule has 0 aromatic carbocycles. The summed E-state index contributed by atoms with van der Waals surface area (Å²) in [6.45, 7) is 18.0. The van der Waals surface area contributed by atoms with Gasteiger partial charge in [0.15, 0.2) is 0 Å². The van der Waals surface area contributed by atoms with Crippen molar-refractivity contribution in [1.29, 1.82) is 0 Å². The fourth-order valence-corrected chi connectivity index (χ4v) is 6.05. The van der Waals surface area contributed by atoms with Gasteiger partial charge in [0.05, 0.1) is 0 Å². The molecule has 6 atom stereocenters. The van der Waals surface area contributed by atoms with Crippen molar-refractivity contribution in [3.8, 4) is 0 Å². The van der Waals surface area contributed by atoms with Gasteiger partial charge in [0.25, 0.3) is 0 Å². The molecule has 3 rings (SSSR count). The lowest BCUT2D eigenvalue weighted by molar-refractivity contribution is -0.154. The molecule has 3 aliphatic rings. The molecule has 2 saturated carbocycles. The van der Waals surface area contributed by atoms with E-state index >= 15 is 0 Å². The molecule has 0 saturated heterocycles. The van der Waals surface area contributed by atoms with E-state index in [1.165, 1.54) is 51.9 Å².